The largest absolute Gasteiger partial charge is 0.316 e. The van der Waals surface area contributed by atoms with Gasteiger partial charge in [0.1, 0.15) is 6.04 Å². The third kappa shape index (κ3) is 3.24. The van der Waals surface area contributed by atoms with Crippen LogP contribution in [-0.4, -0.2) is 65.6 Å². The molecule has 0 aromatic heterocycles. The molecule has 8 nitrogen and oxygen atoms in total. The van der Waals surface area contributed by atoms with Crippen molar-refractivity contribution >= 4 is 23.6 Å². The quantitative estimate of drug-likeness (QED) is 0.711. The molecule has 0 saturated carbocycles. The Morgan fingerprint density at radius 1 is 1.07 bits per heavy atom. The van der Waals surface area contributed by atoms with E-state index < -0.39 is 23.8 Å². The Hall–Kier alpha value is -2.58. The fraction of sp³-hybridized carbons (Fsp3) is 0.545. The van der Waals surface area contributed by atoms with E-state index >= 15 is 0 Å². The van der Waals surface area contributed by atoms with E-state index in [1.165, 1.54) is 19.3 Å². The van der Waals surface area contributed by atoms with Gasteiger partial charge in [-0.25, -0.2) is 0 Å². The SMILES string of the molecule is O=C1CCC(N2C(=O)c3ccc(CN4CCCC5(CCNC5)C4)cc3C2=O)C(=O)N1. The number of carbonyl (C=O) groups is 4. The van der Waals surface area contributed by atoms with Gasteiger partial charge in [-0.15, -0.1) is 0 Å². The van der Waals surface area contributed by atoms with E-state index in [1.807, 2.05) is 6.07 Å². The summed E-state index contributed by atoms with van der Waals surface area (Å²) in [7, 11) is 0. The third-order valence-corrected chi connectivity index (χ3v) is 6.98. The molecule has 2 N–H and O–H groups in total. The number of fused-ring (bicyclic) bond motifs is 1. The van der Waals surface area contributed by atoms with Gasteiger partial charge >= 0.3 is 0 Å². The number of benzene rings is 1. The summed E-state index contributed by atoms with van der Waals surface area (Å²) < 4.78 is 0. The van der Waals surface area contributed by atoms with Gasteiger partial charge in [-0.05, 0) is 61.9 Å². The lowest BCUT2D eigenvalue weighted by atomic mass is 9.79. The summed E-state index contributed by atoms with van der Waals surface area (Å²) in [6, 6.07) is 4.49. The van der Waals surface area contributed by atoms with Crippen LogP contribution in [0.5, 0.6) is 0 Å². The summed E-state index contributed by atoms with van der Waals surface area (Å²) >= 11 is 0. The molecule has 1 spiro atoms. The minimum Gasteiger partial charge on any atom is -0.316 e. The first-order valence-corrected chi connectivity index (χ1v) is 10.7. The van der Waals surface area contributed by atoms with E-state index in [-0.39, 0.29) is 18.7 Å². The summed E-state index contributed by atoms with van der Waals surface area (Å²) in [5.41, 5.74) is 2.06. The zero-order valence-corrected chi connectivity index (χ0v) is 16.9. The van der Waals surface area contributed by atoms with Gasteiger partial charge in [-0.3, -0.25) is 34.3 Å². The van der Waals surface area contributed by atoms with Crippen LogP contribution in [0.4, 0.5) is 0 Å². The number of carbonyl (C=O) groups excluding carboxylic acids is 4. The van der Waals surface area contributed by atoms with E-state index in [0.29, 0.717) is 16.5 Å². The van der Waals surface area contributed by atoms with Crippen molar-refractivity contribution < 1.29 is 19.2 Å². The van der Waals surface area contributed by atoms with E-state index in [9.17, 15) is 19.2 Å². The maximum atomic E-state index is 13.0. The third-order valence-electron chi connectivity index (χ3n) is 6.98. The summed E-state index contributed by atoms with van der Waals surface area (Å²) in [6.07, 6.45) is 3.94. The highest BCUT2D eigenvalue weighted by atomic mass is 16.2. The maximum Gasteiger partial charge on any atom is 0.262 e. The normalized spacial score (nSPS) is 29.6. The Bertz CT molecular complexity index is 937. The van der Waals surface area contributed by atoms with Gasteiger partial charge in [0.25, 0.3) is 11.8 Å². The molecular formula is C22H26N4O4. The average molecular weight is 410 g/mol. The fourth-order valence-corrected chi connectivity index (χ4v) is 5.46. The average Bonchev–Trinajstić information content (AvgIpc) is 3.25. The van der Waals surface area contributed by atoms with Crippen molar-refractivity contribution in [2.75, 3.05) is 26.2 Å². The molecule has 1 aromatic rings. The number of rotatable bonds is 3. The van der Waals surface area contributed by atoms with Crippen LogP contribution in [0.25, 0.3) is 0 Å². The zero-order chi connectivity index (χ0) is 20.9. The molecular weight excluding hydrogens is 384 g/mol. The molecule has 158 valence electrons. The van der Waals surface area contributed by atoms with Crippen LogP contribution in [-0.2, 0) is 16.1 Å². The van der Waals surface area contributed by atoms with Crippen molar-refractivity contribution in [2.45, 2.75) is 44.7 Å². The van der Waals surface area contributed by atoms with Gasteiger partial charge in [-0.1, -0.05) is 6.07 Å². The number of hydrogen-bond acceptors (Lipinski definition) is 6. The maximum absolute atomic E-state index is 13.0. The Morgan fingerprint density at radius 3 is 2.67 bits per heavy atom. The molecule has 3 saturated heterocycles. The Balaban J connectivity index is 1.33. The topological polar surface area (TPSA) is 98.8 Å². The molecule has 2 atom stereocenters. The predicted octanol–water partition coefficient (Wildman–Crippen LogP) is 0.663. The van der Waals surface area contributed by atoms with Crippen LogP contribution in [0.1, 0.15) is 58.4 Å². The molecule has 0 bridgehead atoms. The number of nitrogens with zero attached hydrogens (tertiary/aromatic N) is 2. The van der Waals surface area contributed by atoms with Crippen molar-refractivity contribution in [1.29, 1.82) is 0 Å². The van der Waals surface area contributed by atoms with Crippen molar-refractivity contribution in [3.63, 3.8) is 0 Å². The molecule has 2 unspecified atom stereocenters. The highest BCUT2D eigenvalue weighted by Gasteiger charge is 2.44. The van der Waals surface area contributed by atoms with Crippen LogP contribution >= 0.6 is 0 Å². The molecule has 0 radical (unpaired) electrons. The summed E-state index contributed by atoms with van der Waals surface area (Å²) in [6.45, 7) is 4.98. The lowest BCUT2D eigenvalue weighted by Crippen LogP contribution is -2.54. The van der Waals surface area contributed by atoms with Gasteiger partial charge < -0.3 is 5.32 Å². The number of hydrogen-bond donors (Lipinski definition) is 2. The van der Waals surface area contributed by atoms with Gasteiger partial charge in [0, 0.05) is 26.1 Å². The minimum absolute atomic E-state index is 0.126. The van der Waals surface area contributed by atoms with Crippen molar-refractivity contribution in [2.24, 2.45) is 5.41 Å². The standard InChI is InChI=1S/C22H26N4O4/c27-18-5-4-17(19(28)24-18)26-20(29)15-3-2-14(10-16(15)21(26)30)11-25-9-1-6-22(13-25)7-8-23-12-22/h2-3,10,17,23H,1,4-9,11-13H2,(H,24,27,28). The second-order valence-electron chi connectivity index (χ2n) is 9.07. The molecule has 4 amide bonds. The Morgan fingerprint density at radius 2 is 1.90 bits per heavy atom. The van der Waals surface area contributed by atoms with Crippen LogP contribution in [0.15, 0.2) is 18.2 Å². The lowest BCUT2D eigenvalue weighted by molar-refractivity contribution is -0.136. The summed E-state index contributed by atoms with van der Waals surface area (Å²) in [5, 5.41) is 5.71. The van der Waals surface area contributed by atoms with Crippen LogP contribution in [0.3, 0.4) is 0 Å². The molecule has 1 aromatic carbocycles. The monoisotopic (exact) mass is 410 g/mol. The van der Waals surface area contributed by atoms with Crippen LogP contribution < -0.4 is 10.6 Å². The molecule has 0 aliphatic carbocycles. The lowest BCUT2D eigenvalue weighted by Gasteiger charge is -2.40. The van der Waals surface area contributed by atoms with Crippen molar-refractivity contribution in [3.8, 4) is 0 Å². The number of nitrogens with one attached hydrogen (secondary N) is 2. The van der Waals surface area contributed by atoms with Crippen LogP contribution in [0.2, 0.25) is 0 Å². The van der Waals surface area contributed by atoms with Crippen LogP contribution in [0, 0.1) is 5.41 Å². The first kappa shape index (κ1) is 19.4. The first-order chi connectivity index (χ1) is 14.5. The summed E-state index contributed by atoms with van der Waals surface area (Å²) in [4.78, 5) is 52.9. The highest BCUT2D eigenvalue weighted by Crippen LogP contribution is 2.36. The number of amides is 4. The van der Waals surface area contributed by atoms with E-state index in [0.717, 1.165) is 43.2 Å². The van der Waals surface area contributed by atoms with Gasteiger partial charge in [0.15, 0.2) is 0 Å². The molecule has 4 heterocycles. The molecule has 4 aliphatic rings. The Kier molecular flexibility index (Phi) is 4.71. The minimum atomic E-state index is -0.921. The molecule has 8 heteroatoms. The van der Waals surface area contributed by atoms with E-state index in [4.69, 9.17) is 0 Å². The molecule has 5 rings (SSSR count). The molecule has 4 aliphatic heterocycles. The summed E-state index contributed by atoms with van der Waals surface area (Å²) in [5.74, 6) is -1.84. The van der Waals surface area contributed by atoms with Crippen molar-refractivity contribution in [3.05, 3.63) is 34.9 Å². The fourth-order valence-electron chi connectivity index (χ4n) is 5.46. The van der Waals surface area contributed by atoms with Crippen molar-refractivity contribution in [1.82, 2.24) is 20.4 Å². The van der Waals surface area contributed by atoms with Gasteiger partial charge in [-0.2, -0.15) is 0 Å². The van der Waals surface area contributed by atoms with E-state index in [1.54, 1.807) is 12.1 Å². The second kappa shape index (κ2) is 7.28. The second-order valence-corrected chi connectivity index (χ2v) is 9.07. The van der Waals surface area contributed by atoms with Gasteiger partial charge in [0.05, 0.1) is 11.1 Å². The first-order valence-electron chi connectivity index (χ1n) is 10.7. The van der Waals surface area contributed by atoms with E-state index in [2.05, 4.69) is 15.5 Å². The predicted molar refractivity (Wildman–Crippen MR) is 108 cm³/mol. The Labute approximate surface area is 175 Å². The molecule has 30 heavy (non-hydrogen) atoms. The zero-order valence-electron chi connectivity index (χ0n) is 16.9. The molecule has 3 fully saturated rings. The number of piperidine rings is 2. The smallest absolute Gasteiger partial charge is 0.262 e. The highest BCUT2D eigenvalue weighted by molar-refractivity contribution is 6.23. The van der Waals surface area contributed by atoms with Gasteiger partial charge in [0.2, 0.25) is 11.8 Å². The number of likely N-dealkylation sites (tertiary alicyclic amines) is 1. The number of imide groups is 2.